The summed E-state index contributed by atoms with van der Waals surface area (Å²) in [4.78, 5) is 16.5. The van der Waals surface area contributed by atoms with E-state index < -0.39 is 0 Å². The van der Waals surface area contributed by atoms with Crippen LogP contribution in [0.2, 0.25) is 0 Å². The van der Waals surface area contributed by atoms with Gasteiger partial charge in [0.25, 0.3) is 0 Å². The van der Waals surface area contributed by atoms with Gasteiger partial charge in [0.15, 0.2) is 0 Å². The normalized spacial score (nSPS) is 14.5. The number of ether oxygens (including phenoxy) is 1. The number of piperazine rings is 1. The summed E-state index contributed by atoms with van der Waals surface area (Å²) in [6, 6.07) is 16.9. The van der Waals surface area contributed by atoms with Crippen molar-refractivity contribution in [1.82, 2.24) is 9.80 Å². The highest BCUT2D eigenvalue weighted by molar-refractivity contribution is 5.89. The molecule has 0 saturated carbocycles. The van der Waals surface area contributed by atoms with E-state index in [4.69, 9.17) is 10.00 Å². The molecule has 0 unspecified atom stereocenters. The Morgan fingerprint density at radius 3 is 2.31 bits per heavy atom. The van der Waals surface area contributed by atoms with Gasteiger partial charge in [0, 0.05) is 38.4 Å². The minimum Gasteiger partial charge on any atom is -0.497 e. The number of hydrogen-bond acceptors (Lipinski definition) is 4. The summed E-state index contributed by atoms with van der Waals surface area (Å²) in [5.41, 5.74) is 2.52. The van der Waals surface area contributed by atoms with E-state index in [1.165, 1.54) is 5.56 Å². The van der Waals surface area contributed by atoms with E-state index in [0.29, 0.717) is 24.3 Å². The van der Waals surface area contributed by atoms with E-state index in [9.17, 15) is 4.79 Å². The van der Waals surface area contributed by atoms with Crippen LogP contribution in [0.1, 0.15) is 11.1 Å². The van der Waals surface area contributed by atoms with E-state index in [2.05, 4.69) is 28.4 Å². The van der Waals surface area contributed by atoms with E-state index in [0.717, 1.165) is 25.4 Å². The van der Waals surface area contributed by atoms with E-state index in [1.807, 2.05) is 17.0 Å². The van der Waals surface area contributed by atoms with Crippen LogP contribution >= 0.6 is 0 Å². The van der Waals surface area contributed by atoms with Crippen LogP contribution in [0, 0.1) is 11.3 Å². The molecule has 0 aromatic heterocycles. The van der Waals surface area contributed by atoms with E-state index in [-0.39, 0.29) is 6.03 Å². The maximum Gasteiger partial charge on any atom is 0.321 e. The highest BCUT2D eigenvalue weighted by Gasteiger charge is 2.21. The number of nitrogens with one attached hydrogen (secondary N) is 1. The molecule has 1 aliphatic rings. The summed E-state index contributed by atoms with van der Waals surface area (Å²) in [6.45, 7) is 3.94. The Morgan fingerprint density at radius 1 is 1.08 bits per heavy atom. The van der Waals surface area contributed by atoms with Crippen molar-refractivity contribution < 1.29 is 9.53 Å². The van der Waals surface area contributed by atoms with Crippen LogP contribution < -0.4 is 10.1 Å². The lowest BCUT2D eigenvalue weighted by Gasteiger charge is -2.34. The average molecular weight is 350 g/mol. The van der Waals surface area contributed by atoms with Crippen molar-refractivity contribution in [3.05, 3.63) is 59.7 Å². The number of anilines is 1. The summed E-state index contributed by atoms with van der Waals surface area (Å²) in [5.74, 6) is 0.859. The summed E-state index contributed by atoms with van der Waals surface area (Å²) in [5, 5.41) is 11.7. The van der Waals surface area contributed by atoms with Crippen LogP contribution in [-0.2, 0) is 6.54 Å². The highest BCUT2D eigenvalue weighted by atomic mass is 16.5. The number of hydrogen-bond donors (Lipinski definition) is 1. The standard InChI is InChI=1S/C20H22N4O2/c1-26-19-8-4-17(5-9-19)15-23-10-12-24(13-11-23)20(25)22-18-6-2-16(14-21)3-7-18/h2-9H,10-13,15H2,1H3,(H,22,25). The summed E-state index contributed by atoms with van der Waals surface area (Å²) < 4.78 is 5.18. The Kier molecular flexibility index (Phi) is 5.72. The Balaban J connectivity index is 1.47. The average Bonchev–Trinajstić information content (AvgIpc) is 2.69. The molecule has 1 heterocycles. The van der Waals surface area contributed by atoms with Crippen LogP contribution in [0.3, 0.4) is 0 Å². The zero-order valence-electron chi connectivity index (χ0n) is 14.8. The van der Waals surface area contributed by atoms with Crippen molar-refractivity contribution in [2.75, 3.05) is 38.6 Å². The zero-order chi connectivity index (χ0) is 18.4. The number of methoxy groups -OCH3 is 1. The van der Waals surface area contributed by atoms with Gasteiger partial charge in [-0.3, -0.25) is 4.90 Å². The monoisotopic (exact) mass is 350 g/mol. The SMILES string of the molecule is COc1ccc(CN2CCN(C(=O)Nc3ccc(C#N)cc3)CC2)cc1. The van der Waals surface area contributed by atoms with Gasteiger partial charge < -0.3 is 15.0 Å². The lowest BCUT2D eigenvalue weighted by atomic mass is 10.2. The third kappa shape index (κ3) is 4.52. The molecular weight excluding hydrogens is 328 g/mol. The van der Waals surface area contributed by atoms with Gasteiger partial charge in [-0.15, -0.1) is 0 Å². The van der Waals surface area contributed by atoms with Gasteiger partial charge in [-0.1, -0.05) is 12.1 Å². The number of amides is 2. The second kappa shape index (κ2) is 8.37. The van der Waals surface area contributed by atoms with Gasteiger partial charge in [0.2, 0.25) is 0 Å². The quantitative estimate of drug-likeness (QED) is 0.920. The predicted molar refractivity (Wildman–Crippen MR) is 100 cm³/mol. The number of benzene rings is 2. The Bertz CT molecular complexity index is 773. The largest absolute Gasteiger partial charge is 0.497 e. The van der Waals surface area contributed by atoms with Crippen LogP contribution in [0.5, 0.6) is 5.75 Å². The number of nitriles is 1. The molecule has 0 radical (unpaired) electrons. The van der Waals surface area contributed by atoms with Crippen molar-refractivity contribution in [3.8, 4) is 11.8 Å². The van der Waals surface area contributed by atoms with Gasteiger partial charge in [-0.2, -0.15) is 5.26 Å². The summed E-state index contributed by atoms with van der Waals surface area (Å²) >= 11 is 0. The second-order valence-corrected chi connectivity index (χ2v) is 6.23. The number of urea groups is 1. The third-order valence-corrected chi connectivity index (χ3v) is 4.49. The molecule has 26 heavy (non-hydrogen) atoms. The first-order chi connectivity index (χ1) is 12.7. The molecule has 0 spiro atoms. The molecule has 1 saturated heterocycles. The fourth-order valence-corrected chi connectivity index (χ4v) is 2.93. The van der Waals surface area contributed by atoms with Gasteiger partial charge in [0.05, 0.1) is 18.7 Å². The van der Waals surface area contributed by atoms with Crippen LogP contribution in [0.25, 0.3) is 0 Å². The fourth-order valence-electron chi connectivity index (χ4n) is 2.93. The molecule has 2 aromatic carbocycles. The summed E-state index contributed by atoms with van der Waals surface area (Å²) in [6.07, 6.45) is 0. The number of carbonyl (C=O) groups excluding carboxylic acids is 1. The van der Waals surface area contributed by atoms with Crippen molar-refractivity contribution in [1.29, 1.82) is 5.26 Å². The molecule has 1 fully saturated rings. The smallest absolute Gasteiger partial charge is 0.321 e. The van der Waals surface area contributed by atoms with Crippen molar-refractivity contribution >= 4 is 11.7 Å². The number of carbonyl (C=O) groups is 1. The minimum absolute atomic E-state index is 0.0983. The molecule has 1 aliphatic heterocycles. The van der Waals surface area contributed by atoms with Gasteiger partial charge in [-0.25, -0.2) is 4.79 Å². The second-order valence-electron chi connectivity index (χ2n) is 6.23. The molecule has 1 N–H and O–H groups in total. The lowest BCUT2D eigenvalue weighted by Crippen LogP contribution is -2.49. The number of nitrogens with zero attached hydrogens (tertiary/aromatic N) is 3. The molecule has 0 atom stereocenters. The van der Waals surface area contributed by atoms with Crippen LogP contribution in [0.4, 0.5) is 10.5 Å². The molecule has 6 nitrogen and oxygen atoms in total. The molecular formula is C20H22N4O2. The summed E-state index contributed by atoms with van der Waals surface area (Å²) in [7, 11) is 1.66. The first-order valence-corrected chi connectivity index (χ1v) is 8.59. The molecule has 0 bridgehead atoms. The maximum atomic E-state index is 12.4. The minimum atomic E-state index is -0.0983. The van der Waals surface area contributed by atoms with Gasteiger partial charge in [-0.05, 0) is 42.0 Å². The Morgan fingerprint density at radius 2 is 1.73 bits per heavy atom. The molecule has 6 heteroatoms. The lowest BCUT2D eigenvalue weighted by molar-refractivity contribution is 0.143. The van der Waals surface area contributed by atoms with Gasteiger partial charge >= 0.3 is 6.03 Å². The first kappa shape index (κ1) is 17.8. The van der Waals surface area contributed by atoms with E-state index >= 15 is 0 Å². The van der Waals surface area contributed by atoms with Gasteiger partial charge in [0.1, 0.15) is 5.75 Å². The Labute approximate surface area is 153 Å². The number of rotatable bonds is 4. The first-order valence-electron chi connectivity index (χ1n) is 8.59. The highest BCUT2D eigenvalue weighted by Crippen LogP contribution is 2.15. The Hall–Kier alpha value is -3.04. The van der Waals surface area contributed by atoms with Crippen molar-refractivity contribution in [3.63, 3.8) is 0 Å². The molecule has 3 rings (SSSR count). The third-order valence-electron chi connectivity index (χ3n) is 4.49. The topological polar surface area (TPSA) is 68.6 Å². The zero-order valence-corrected chi connectivity index (χ0v) is 14.8. The van der Waals surface area contributed by atoms with Crippen molar-refractivity contribution in [2.45, 2.75) is 6.54 Å². The predicted octanol–water partition coefficient (Wildman–Crippen LogP) is 2.92. The molecule has 0 aliphatic carbocycles. The van der Waals surface area contributed by atoms with Crippen LogP contribution in [-0.4, -0.2) is 49.1 Å². The van der Waals surface area contributed by atoms with E-state index in [1.54, 1.807) is 31.4 Å². The molecule has 134 valence electrons. The molecule has 2 aromatic rings. The van der Waals surface area contributed by atoms with Crippen LogP contribution in [0.15, 0.2) is 48.5 Å². The fraction of sp³-hybridized carbons (Fsp3) is 0.300. The van der Waals surface area contributed by atoms with Crippen molar-refractivity contribution in [2.24, 2.45) is 0 Å². The maximum absolute atomic E-state index is 12.4. The molecule has 2 amide bonds.